The quantitative estimate of drug-likeness (QED) is 0.859. The van der Waals surface area contributed by atoms with Crippen LogP contribution in [-0.2, 0) is 20.0 Å². The van der Waals surface area contributed by atoms with Crippen LogP contribution in [0.3, 0.4) is 0 Å². The second-order valence-electron chi connectivity index (χ2n) is 4.69. The van der Waals surface area contributed by atoms with E-state index >= 15 is 0 Å². The highest BCUT2D eigenvalue weighted by Gasteiger charge is 2.27. The third-order valence-corrected chi connectivity index (χ3v) is 3.86. The fourth-order valence-electron chi connectivity index (χ4n) is 2.03. The van der Waals surface area contributed by atoms with E-state index in [2.05, 4.69) is 24.3 Å². The largest absolute Gasteiger partial charge is 0.308 e. The molecule has 0 radical (unpaired) electrons. The molecule has 0 aromatic carbocycles. The average Bonchev–Trinajstić information content (AvgIpc) is 3.05. The smallest absolute Gasteiger partial charge is 0.0863 e. The van der Waals surface area contributed by atoms with Gasteiger partial charge >= 0.3 is 0 Å². The Balaban J connectivity index is 1.99. The number of nitrogens with zero attached hydrogens (tertiary/aromatic N) is 2. The second-order valence-corrected chi connectivity index (χ2v) is 5.07. The van der Waals surface area contributed by atoms with Crippen LogP contribution in [0.15, 0.2) is 0 Å². The van der Waals surface area contributed by atoms with Crippen molar-refractivity contribution in [3.05, 3.63) is 16.4 Å². The van der Waals surface area contributed by atoms with Crippen molar-refractivity contribution in [2.45, 2.75) is 45.7 Å². The second kappa shape index (κ2) is 4.76. The molecule has 16 heavy (non-hydrogen) atoms. The fourth-order valence-corrected chi connectivity index (χ4v) is 2.39. The lowest BCUT2D eigenvalue weighted by atomic mass is 10.2. The molecule has 4 heteroatoms. The van der Waals surface area contributed by atoms with E-state index in [-0.39, 0.29) is 0 Å². The molecule has 0 amide bonds. The molecule has 1 aromatic heterocycles. The topological polar surface area (TPSA) is 29.9 Å². The lowest BCUT2D eigenvalue weighted by Crippen LogP contribution is -2.28. The first kappa shape index (κ1) is 11.9. The van der Waals surface area contributed by atoms with Gasteiger partial charge in [0, 0.05) is 19.6 Å². The molecule has 1 unspecified atom stereocenters. The van der Waals surface area contributed by atoms with Crippen molar-refractivity contribution < 1.29 is 0 Å². The molecule has 2 rings (SSSR count). The summed E-state index contributed by atoms with van der Waals surface area (Å²) in [5.74, 6) is 0.873. The number of hydrogen-bond donors (Lipinski definition) is 1. The highest BCUT2D eigenvalue weighted by Crippen LogP contribution is 2.32. The Labute approximate surface area is 102 Å². The third-order valence-electron chi connectivity index (χ3n) is 3.42. The van der Waals surface area contributed by atoms with E-state index in [1.54, 1.807) is 0 Å². The van der Waals surface area contributed by atoms with E-state index < -0.39 is 0 Å². The standard InChI is InChI=1S/C12H20ClN3/c1-4-10-12(13)11(16(3)15-10)7-14-8(2)9-5-6-9/h8-9,14H,4-7H2,1-3H3. The monoisotopic (exact) mass is 241 g/mol. The summed E-state index contributed by atoms with van der Waals surface area (Å²) >= 11 is 6.29. The maximum Gasteiger partial charge on any atom is 0.0863 e. The fraction of sp³-hybridized carbons (Fsp3) is 0.750. The van der Waals surface area contributed by atoms with Crippen molar-refractivity contribution in [1.29, 1.82) is 0 Å². The molecule has 3 nitrogen and oxygen atoms in total. The Bertz CT molecular complexity index is 369. The summed E-state index contributed by atoms with van der Waals surface area (Å²) in [5, 5.41) is 8.78. The highest BCUT2D eigenvalue weighted by atomic mass is 35.5. The van der Waals surface area contributed by atoms with Gasteiger partial charge in [0.25, 0.3) is 0 Å². The van der Waals surface area contributed by atoms with Gasteiger partial charge in [0.15, 0.2) is 0 Å². The van der Waals surface area contributed by atoms with Crippen molar-refractivity contribution in [3.8, 4) is 0 Å². The minimum Gasteiger partial charge on any atom is -0.308 e. The number of halogens is 1. The molecule has 1 N–H and O–H groups in total. The molecule has 1 aliphatic rings. The van der Waals surface area contributed by atoms with E-state index in [1.807, 2.05) is 11.7 Å². The minimum absolute atomic E-state index is 0.594. The maximum atomic E-state index is 6.29. The molecule has 90 valence electrons. The van der Waals surface area contributed by atoms with E-state index in [9.17, 15) is 0 Å². The summed E-state index contributed by atoms with van der Waals surface area (Å²) in [6.45, 7) is 5.15. The summed E-state index contributed by atoms with van der Waals surface area (Å²) < 4.78 is 1.90. The molecule has 1 heterocycles. The van der Waals surface area contributed by atoms with Gasteiger partial charge in [-0.1, -0.05) is 18.5 Å². The number of nitrogens with one attached hydrogen (secondary N) is 1. The van der Waals surface area contributed by atoms with Crippen molar-refractivity contribution in [2.24, 2.45) is 13.0 Å². The SMILES string of the molecule is CCc1nn(C)c(CNC(C)C2CC2)c1Cl. The van der Waals surface area contributed by atoms with Crippen LogP contribution in [0.4, 0.5) is 0 Å². The molecule has 1 atom stereocenters. The number of rotatable bonds is 5. The number of aromatic nitrogens is 2. The minimum atomic E-state index is 0.594. The van der Waals surface area contributed by atoms with Crippen molar-refractivity contribution in [2.75, 3.05) is 0 Å². The summed E-state index contributed by atoms with van der Waals surface area (Å²) in [6, 6.07) is 0.594. The van der Waals surface area contributed by atoms with E-state index in [0.29, 0.717) is 6.04 Å². The van der Waals surface area contributed by atoms with Crippen LogP contribution in [0.2, 0.25) is 5.02 Å². The molecule has 0 aliphatic heterocycles. The van der Waals surface area contributed by atoms with Gasteiger partial charge in [-0.05, 0) is 32.1 Å². The zero-order chi connectivity index (χ0) is 11.7. The Morgan fingerprint density at radius 3 is 2.75 bits per heavy atom. The van der Waals surface area contributed by atoms with Crippen LogP contribution >= 0.6 is 11.6 Å². The maximum absolute atomic E-state index is 6.29. The van der Waals surface area contributed by atoms with Crippen LogP contribution in [-0.4, -0.2) is 15.8 Å². The summed E-state index contributed by atoms with van der Waals surface area (Å²) in [5.41, 5.74) is 2.10. The first-order valence-electron chi connectivity index (χ1n) is 6.07. The van der Waals surface area contributed by atoms with E-state index in [0.717, 1.165) is 35.3 Å². The molecule has 1 fully saturated rings. The Morgan fingerprint density at radius 2 is 2.25 bits per heavy atom. The molecule has 0 saturated heterocycles. The van der Waals surface area contributed by atoms with Gasteiger partial charge in [-0.2, -0.15) is 5.10 Å². The normalized spacial score (nSPS) is 17.8. The average molecular weight is 242 g/mol. The molecule has 1 aromatic rings. The zero-order valence-corrected chi connectivity index (χ0v) is 11.0. The summed E-state index contributed by atoms with van der Waals surface area (Å²) in [7, 11) is 1.96. The molecular weight excluding hydrogens is 222 g/mol. The van der Waals surface area contributed by atoms with Gasteiger partial charge in [-0.25, -0.2) is 0 Å². The summed E-state index contributed by atoms with van der Waals surface area (Å²) in [4.78, 5) is 0. The van der Waals surface area contributed by atoms with Crippen molar-refractivity contribution in [3.63, 3.8) is 0 Å². The summed E-state index contributed by atoms with van der Waals surface area (Å²) in [6.07, 6.45) is 3.63. The van der Waals surface area contributed by atoms with Gasteiger partial charge in [0.2, 0.25) is 0 Å². The van der Waals surface area contributed by atoms with Crippen LogP contribution in [0.25, 0.3) is 0 Å². The van der Waals surface area contributed by atoms with Gasteiger partial charge in [0.1, 0.15) is 0 Å². The van der Waals surface area contributed by atoms with Crippen LogP contribution in [0.1, 0.15) is 38.1 Å². The molecule has 0 spiro atoms. The molecule has 1 saturated carbocycles. The predicted octanol–water partition coefficient (Wildman–Crippen LogP) is 2.52. The van der Waals surface area contributed by atoms with Gasteiger partial charge in [0.05, 0.1) is 16.4 Å². The van der Waals surface area contributed by atoms with E-state index in [4.69, 9.17) is 11.6 Å². The van der Waals surface area contributed by atoms with Crippen LogP contribution in [0.5, 0.6) is 0 Å². The molecular formula is C12H20ClN3. The van der Waals surface area contributed by atoms with Gasteiger partial charge in [-0.15, -0.1) is 0 Å². The van der Waals surface area contributed by atoms with E-state index in [1.165, 1.54) is 12.8 Å². The Hall–Kier alpha value is -0.540. The molecule has 0 bridgehead atoms. The zero-order valence-electron chi connectivity index (χ0n) is 10.3. The Kier molecular flexibility index (Phi) is 3.55. The van der Waals surface area contributed by atoms with Gasteiger partial charge < -0.3 is 5.32 Å². The number of aryl methyl sites for hydroxylation is 2. The molecule has 1 aliphatic carbocycles. The Morgan fingerprint density at radius 1 is 1.56 bits per heavy atom. The van der Waals surface area contributed by atoms with Crippen LogP contribution < -0.4 is 5.32 Å². The van der Waals surface area contributed by atoms with Crippen LogP contribution in [0, 0.1) is 5.92 Å². The van der Waals surface area contributed by atoms with Crippen molar-refractivity contribution in [1.82, 2.24) is 15.1 Å². The predicted molar refractivity (Wildman–Crippen MR) is 66.6 cm³/mol. The first-order valence-corrected chi connectivity index (χ1v) is 6.44. The number of hydrogen-bond acceptors (Lipinski definition) is 2. The lowest BCUT2D eigenvalue weighted by molar-refractivity contribution is 0.483. The van der Waals surface area contributed by atoms with Gasteiger partial charge in [-0.3, -0.25) is 4.68 Å². The highest BCUT2D eigenvalue weighted by molar-refractivity contribution is 6.31. The lowest BCUT2D eigenvalue weighted by Gasteiger charge is -2.12. The van der Waals surface area contributed by atoms with Crippen molar-refractivity contribution >= 4 is 11.6 Å². The third kappa shape index (κ3) is 2.41. The first-order chi connectivity index (χ1) is 7.63.